The highest BCUT2D eigenvalue weighted by Gasteiger charge is 2.22. The third kappa shape index (κ3) is 5.19. The van der Waals surface area contributed by atoms with Crippen molar-refractivity contribution in [2.45, 2.75) is 6.92 Å². The molecule has 0 saturated carbocycles. The van der Waals surface area contributed by atoms with Crippen molar-refractivity contribution >= 4 is 29.2 Å². The molecule has 0 unspecified atom stereocenters. The van der Waals surface area contributed by atoms with E-state index in [0.29, 0.717) is 43.4 Å². The SMILES string of the molecule is COc1cccc(NC(=O)N2CCN(c3ccc(Nc4ccc(C)cn4)nn3)CC2)c1. The molecule has 160 valence electrons. The maximum atomic E-state index is 12.6. The third-order valence-corrected chi connectivity index (χ3v) is 5.03. The number of aromatic nitrogens is 3. The molecule has 0 spiro atoms. The van der Waals surface area contributed by atoms with Gasteiger partial charge in [0, 0.05) is 44.1 Å². The van der Waals surface area contributed by atoms with Gasteiger partial charge in [-0.05, 0) is 42.8 Å². The van der Waals surface area contributed by atoms with Crippen LogP contribution in [0.2, 0.25) is 0 Å². The minimum Gasteiger partial charge on any atom is -0.497 e. The Hall–Kier alpha value is -3.88. The standard InChI is InChI=1S/C22H25N7O2/c1-16-6-7-19(23-15-16)25-20-8-9-21(27-26-20)28-10-12-29(13-11-28)22(30)24-17-4-3-5-18(14-17)31-2/h3-9,14-15H,10-13H2,1-2H3,(H,24,30)(H,23,25,26). The Morgan fingerprint density at radius 2 is 1.81 bits per heavy atom. The first-order valence-electron chi connectivity index (χ1n) is 10.1. The molecule has 1 aromatic carbocycles. The van der Waals surface area contributed by atoms with Crippen LogP contribution < -0.4 is 20.3 Å². The van der Waals surface area contributed by atoms with E-state index in [4.69, 9.17) is 4.74 Å². The van der Waals surface area contributed by atoms with Gasteiger partial charge in [-0.15, -0.1) is 10.2 Å². The number of carbonyl (C=O) groups is 1. The van der Waals surface area contributed by atoms with Gasteiger partial charge in [0.15, 0.2) is 11.6 Å². The smallest absolute Gasteiger partial charge is 0.321 e. The van der Waals surface area contributed by atoms with Crippen LogP contribution in [0.1, 0.15) is 5.56 Å². The zero-order chi connectivity index (χ0) is 21.6. The second kappa shape index (κ2) is 9.29. The monoisotopic (exact) mass is 419 g/mol. The predicted molar refractivity (Wildman–Crippen MR) is 120 cm³/mol. The van der Waals surface area contributed by atoms with Crippen LogP contribution in [-0.4, -0.2) is 59.4 Å². The number of ether oxygens (including phenoxy) is 1. The second-order valence-electron chi connectivity index (χ2n) is 7.26. The summed E-state index contributed by atoms with van der Waals surface area (Å²) in [4.78, 5) is 20.8. The van der Waals surface area contributed by atoms with Gasteiger partial charge in [0.25, 0.3) is 0 Å². The molecule has 1 fully saturated rings. The van der Waals surface area contributed by atoms with Crippen LogP contribution in [0.4, 0.5) is 27.9 Å². The Morgan fingerprint density at radius 1 is 1.00 bits per heavy atom. The number of rotatable bonds is 5. The Morgan fingerprint density at radius 3 is 2.48 bits per heavy atom. The highest BCUT2D eigenvalue weighted by molar-refractivity contribution is 5.89. The van der Waals surface area contributed by atoms with Crippen LogP contribution in [0.5, 0.6) is 5.75 Å². The van der Waals surface area contributed by atoms with Crippen LogP contribution in [0.3, 0.4) is 0 Å². The van der Waals surface area contributed by atoms with E-state index in [-0.39, 0.29) is 6.03 Å². The molecule has 0 radical (unpaired) electrons. The van der Waals surface area contributed by atoms with Crippen molar-refractivity contribution in [1.29, 1.82) is 0 Å². The Labute approximate surface area is 181 Å². The minimum atomic E-state index is -0.121. The largest absolute Gasteiger partial charge is 0.497 e. The van der Waals surface area contributed by atoms with Crippen LogP contribution in [0.15, 0.2) is 54.7 Å². The van der Waals surface area contributed by atoms with Gasteiger partial charge in [0.05, 0.1) is 7.11 Å². The molecule has 9 heteroatoms. The number of methoxy groups -OCH3 is 1. The van der Waals surface area contributed by atoms with Gasteiger partial charge >= 0.3 is 6.03 Å². The summed E-state index contributed by atoms with van der Waals surface area (Å²) in [5, 5.41) is 14.6. The van der Waals surface area contributed by atoms with Crippen molar-refractivity contribution in [1.82, 2.24) is 20.1 Å². The maximum absolute atomic E-state index is 12.6. The number of anilines is 4. The predicted octanol–water partition coefficient (Wildman–Crippen LogP) is 3.29. The number of benzene rings is 1. The first kappa shape index (κ1) is 20.4. The Bertz CT molecular complexity index is 1020. The van der Waals surface area contributed by atoms with E-state index in [1.165, 1.54) is 0 Å². The van der Waals surface area contributed by atoms with E-state index in [2.05, 4.69) is 30.7 Å². The van der Waals surface area contributed by atoms with Gasteiger partial charge in [0.1, 0.15) is 11.6 Å². The Kier molecular flexibility index (Phi) is 6.11. The fraction of sp³-hybridized carbons (Fsp3) is 0.273. The van der Waals surface area contributed by atoms with Crippen molar-refractivity contribution in [3.63, 3.8) is 0 Å². The average Bonchev–Trinajstić information content (AvgIpc) is 2.81. The van der Waals surface area contributed by atoms with Crippen LogP contribution in [-0.2, 0) is 0 Å². The molecule has 0 aliphatic carbocycles. The fourth-order valence-electron chi connectivity index (χ4n) is 3.28. The summed E-state index contributed by atoms with van der Waals surface area (Å²) >= 11 is 0. The number of aryl methyl sites for hydroxylation is 1. The third-order valence-electron chi connectivity index (χ3n) is 5.03. The second-order valence-corrected chi connectivity index (χ2v) is 7.26. The maximum Gasteiger partial charge on any atom is 0.321 e. The van der Waals surface area contributed by atoms with Gasteiger partial charge in [-0.25, -0.2) is 9.78 Å². The number of amides is 2. The lowest BCUT2D eigenvalue weighted by atomic mass is 10.3. The van der Waals surface area contributed by atoms with Crippen LogP contribution >= 0.6 is 0 Å². The molecule has 0 atom stereocenters. The van der Waals surface area contributed by atoms with Crippen molar-refractivity contribution < 1.29 is 9.53 Å². The number of nitrogens with zero attached hydrogens (tertiary/aromatic N) is 5. The molecule has 1 aliphatic rings. The molecular weight excluding hydrogens is 394 g/mol. The molecular formula is C22H25N7O2. The molecule has 3 aromatic rings. The van der Waals surface area contributed by atoms with Crippen molar-refractivity contribution in [3.05, 3.63) is 60.3 Å². The topological polar surface area (TPSA) is 95.5 Å². The quantitative estimate of drug-likeness (QED) is 0.655. The summed E-state index contributed by atoms with van der Waals surface area (Å²) < 4.78 is 5.20. The van der Waals surface area contributed by atoms with E-state index < -0.39 is 0 Å². The molecule has 2 amide bonds. The van der Waals surface area contributed by atoms with Gasteiger partial charge in [0.2, 0.25) is 0 Å². The highest BCUT2D eigenvalue weighted by Crippen LogP contribution is 2.19. The molecule has 1 aliphatic heterocycles. The van der Waals surface area contributed by atoms with Gasteiger partial charge in [-0.1, -0.05) is 12.1 Å². The lowest BCUT2D eigenvalue weighted by Crippen LogP contribution is -2.50. The van der Waals surface area contributed by atoms with E-state index in [1.807, 2.05) is 49.4 Å². The number of pyridine rings is 1. The number of hydrogen-bond acceptors (Lipinski definition) is 7. The zero-order valence-electron chi connectivity index (χ0n) is 17.6. The average molecular weight is 419 g/mol. The number of carbonyl (C=O) groups excluding carboxylic acids is 1. The summed E-state index contributed by atoms with van der Waals surface area (Å²) in [6.45, 7) is 4.57. The summed E-state index contributed by atoms with van der Waals surface area (Å²) in [6.07, 6.45) is 1.80. The van der Waals surface area contributed by atoms with Crippen molar-refractivity contribution in [2.24, 2.45) is 0 Å². The molecule has 0 bridgehead atoms. The Balaban J connectivity index is 1.29. The summed E-state index contributed by atoms with van der Waals surface area (Å²) in [5.74, 6) is 2.85. The van der Waals surface area contributed by atoms with E-state index >= 15 is 0 Å². The highest BCUT2D eigenvalue weighted by atomic mass is 16.5. The number of hydrogen-bond donors (Lipinski definition) is 2. The summed E-state index contributed by atoms with van der Waals surface area (Å²) in [6, 6.07) is 14.9. The van der Waals surface area contributed by atoms with E-state index in [0.717, 1.165) is 17.2 Å². The van der Waals surface area contributed by atoms with Crippen LogP contribution in [0.25, 0.3) is 0 Å². The van der Waals surface area contributed by atoms with Gasteiger partial charge < -0.3 is 25.2 Å². The lowest BCUT2D eigenvalue weighted by Gasteiger charge is -2.35. The van der Waals surface area contributed by atoms with Gasteiger partial charge in [-0.2, -0.15) is 0 Å². The zero-order valence-corrected chi connectivity index (χ0v) is 17.6. The lowest BCUT2D eigenvalue weighted by molar-refractivity contribution is 0.208. The first-order valence-corrected chi connectivity index (χ1v) is 10.1. The van der Waals surface area contributed by atoms with Crippen molar-refractivity contribution in [3.8, 4) is 5.75 Å². The van der Waals surface area contributed by atoms with Gasteiger partial charge in [-0.3, -0.25) is 0 Å². The molecule has 31 heavy (non-hydrogen) atoms. The molecule has 4 rings (SSSR count). The number of urea groups is 1. The van der Waals surface area contributed by atoms with Crippen LogP contribution in [0, 0.1) is 6.92 Å². The molecule has 2 aromatic heterocycles. The molecule has 9 nitrogen and oxygen atoms in total. The fourth-order valence-corrected chi connectivity index (χ4v) is 3.28. The van der Waals surface area contributed by atoms with E-state index in [1.54, 1.807) is 24.3 Å². The number of nitrogens with one attached hydrogen (secondary N) is 2. The molecule has 3 heterocycles. The molecule has 2 N–H and O–H groups in total. The summed E-state index contributed by atoms with van der Waals surface area (Å²) in [7, 11) is 1.60. The minimum absolute atomic E-state index is 0.121. The first-order chi connectivity index (χ1) is 15.1. The normalized spacial score (nSPS) is 13.6. The van der Waals surface area contributed by atoms with Crippen molar-refractivity contribution in [2.75, 3.05) is 48.8 Å². The van der Waals surface area contributed by atoms with E-state index in [9.17, 15) is 4.79 Å². The summed E-state index contributed by atoms with van der Waals surface area (Å²) in [5.41, 5.74) is 1.81. The number of piperazine rings is 1. The molecule has 1 saturated heterocycles.